The van der Waals surface area contributed by atoms with Gasteiger partial charge in [-0.05, 0) is 35.8 Å². The van der Waals surface area contributed by atoms with Gasteiger partial charge in [0.2, 0.25) is 0 Å². The topological polar surface area (TPSA) is 39.2 Å². The monoisotopic (exact) mass is 277 g/mol. The molecule has 0 aromatic carbocycles. The van der Waals surface area contributed by atoms with Gasteiger partial charge in [-0.15, -0.1) is 0 Å². The van der Waals surface area contributed by atoms with Crippen molar-refractivity contribution in [3.63, 3.8) is 0 Å². The highest BCUT2D eigenvalue weighted by molar-refractivity contribution is 9.10. The van der Waals surface area contributed by atoms with Gasteiger partial charge in [-0.1, -0.05) is 11.6 Å². The Labute approximate surface area is 95.6 Å². The van der Waals surface area contributed by atoms with Crippen molar-refractivity contribution in [1.29, 1.82) is 0 Å². The molecule has 0 fully saturated rings. The molecule has 0 saturated carbocycles. The third-order valence-electron chi connectivity index (χ3n) is 1.37. The van der Waals surface area contributed by atoms with E-state index in [4.69, 9.17) is 16.3 Å². The Bertz CT molecular complexity index is 355. The first kappa shape index (κ1) is 11.5. The summed E-state index contributed by atoms with van der Waals surface area (Å²) in [6.45, 7) is 3.56. The summed E-state index contributed by atoms with van der Waals surface area (Å²) >= 11 is 8.86. The number of esters is 1. The molecule has 0 aliphatic heterocycles. The highest BCUT2D eigenvalue weighted by atomic mass is 79.9. The Hall–Kier alpha value is -0.610. The predicted molar refractivity (Wildman–Crippen MR) is 57.5 cm³/mol. The smallest absolute Gasteiger partial charge is 0.341 e. The second-order valence-corrected chi connectivity index (χ2v) is 4.13. The second-order valence-electron chi connectivity index (χ2n) is 2.95. The first-order chi connectivity index (χ1) is 6.50. The molecule has 3 nitrogen and oxygen atoms in total. The first-order valence-electron chi connectivity index (χ1n) is 4.02. The van der Waals surface area contributed by atoms with Crippen LogP contribution in [0.5, 0.6) is 0 Å². The number of rotatable bonds is 2. The third-order valence-corrected chi connectivity index (χ3v) is 2.21. The number of nitrogens with zero attached hydrogens (tertiary/aromatic N) is 1. The lowest BCUT2D eigenvalue weighted by Gasteiger charge is -2.08. The van der Waals surface area contributed by atoms with E-state index in [1.807, 2.05) is 0 Å². The molecule has 0 amide bonds. The van der Waals surface area contributed by atoms with Gasteiger partial charge in [-0.3, -0.25) is 0 Å². The van der Waals surface area contributed by atoms with Crippen LogP contribution in [0.3, 0.4) is 0 Å². The lowest BCUT2D eigenvalue weighted by Crippen LogP contribution is -2.12. The minimum absolute atomic E-state index is 0.159. The van der Waals surface area contributed by atoms with E-state index in [1.165, 1.54) is 12.3 Å². The molecule has 0 spiro atoms. The molecular formula is C9H9BrClNO2. The zero-order valence-electron chi connectivity index (χ0n) is 7.75. The van der Waals surface area contributed by atoms with E-state index in [1.54, 1.807) is 13.8 Å². The molecule has 0 saturated heterocycles. The fourth-order valence-corrected chi connectivity index (χ4v) is 1.38. The molecule has 1 heterocycles. The Balaban J connectivity index is 2.94. The molecule has 0 aliphatic carbocycles. The van der Waals surface area contributed by atoms with Gasteiger partial charge < -0.3 is 4.74 Å². The Kier molecular flexibility index (Phi) is 3.89. The zero-order valence-corrected chi connectivity index (χ0v) is 10.1. The maximum Gasteiger partial charge on any atom is 0.341 e. The van der Waals surface area contributed by atoms with Crippen molar-refractivity contribution in [3.05, 3.63) is 27.5 Å². The second kappa shape index (κ2) is 4.75. The van der Waals surface area contributed by atoms with E-state index in [-0.39, 0.29) is 6.10 Å². The van der Waals surface area contributed by atoms with Crippen LogP contribution < -0.4 is 0 Å². The van der Waals surface area contributed by atoms with Gasteiger partial charge in [0, 0.05) is 6.20 Å². The minimum atomic E-state index is -0.429. The maximum absolute atomic E-state index is 11.5. The SMILES string of the molecule is CC(C)OC(=O)c1cc(Cl)cnc1Br. The van der Waals surface area contributed by atoms with Crippen LogP contribution in [0.15, 0.2) is 16.9 Å². The van der Waals surface area contributed by atoms with Gasteiger partial charge >= 0.3 is 5.97 Å². The van der Waals surface area contributed by atoms with Crippen molar-refractivity contribution < 1.29 is 9.53 Å². The van der Waals surface area contributed by atoms with Gasteiger partial charge in [-0.2, -0.15) is 0 Å². The van der Waals surface area contributed by atoms with Crippen LogP contribution in [0.1, 0.15) is 24.2 Å². The van der Waals surface area contributed by atoms with Crippen molar-refractivity contribution in [3.8, 4) is 0 Å². The average Bonchev–Trinajstić information content (AvgIpc) is 2.08. The predicted octanol–water partition coefficient (Wildman–Crippen LogP) is 3.06. The molecule has 0 radical (unpaired) electrons. The molecule has 0 unspecified atom stereocenters. The Morgan fingerprint density at radius 1 is 1.64 bits per heavy atom. The fourth-order valence-electron chi connectivity index (χ4n) is 0.843. The molecule has 0 aliphatic rings. The average molecular weight is 279 g/mol. The summed E-state index contributed by atoms with van der Waals surface area (Å²) in [5, 5.41) is 0.406. The summed E-state index contributed by atoms with van der Waals surface area (Å²) in [6.07, 6.45) is 1.30. The third kappa shape index (κ3) is 2.96. The van der Waals surface area contributed by atoms with E-state index >= 15 is 0 Å². The lowest BCUT2D eigenvalue weighted by atomic mass is 10.3. The molecule has 1 rings (SSSR count). The largest absolute Gasteiger partial charge is 0.459 e. The maximum atomic E-state index is 11.5. The van der Waals surface area contributed by atoms with E-state index in [2.05, 4.69) is 20.9 Å². The summed E-state index contributed by atoms with van der Waals surface area (Å²) in [4.78, 5) is 15.4. The molecule has 0 bridgehead atoms. The number of pyridine rings is 1. The number of carbonyl (C=O) groups excluding carboxylic acids is 1. The quantitative estimate of drug-likeness (QED) is 0.616. The summed E-state index contributed by atoms with van der Waals surface area (Å²) < 4.78 is 5.44. The molecule has 76 valence electrons. The van der Waals surface area contributed by atoms with Gasteiger partial charge in [-0.25, -0.2) is 9.78 Å². The van der Waals surface area contributed by atoms with Crippen LogP contribution in [0.25, 0.3) is 0 Å². The summed E-state index contributed by atoms with van der Waals surface area (Å²) in [5.41, 5.74) is 0.339. The number of halogens is 2. The van der Waals surface area contributed by atoms with E-state index in [0.717, 1.165) is 0 Å². The molecule has 5 heteroatoms. The first-order valence-corrected chi connectivity index (χ1v) is 5.20. The van der Waals surface area contributed by atoms with Crippen LogP contribution >= 0.6 is 27.5 Å². The Morgan fingerprint density at radius 3 is 2.86 bits per heavy atom. The van der Waals surface area contributed by atoms with E-state index < -0.39 is 5.97 Å². The number of ether oxygens (including phenoxy) is 1. The van der Waals surface area contributed by atoms with Crippen molar-refractivity contribution in [2.24, 2.45) is 0 Å². The van der Waals surface area contributed by atoms with Crippen molar-refractivity contribution in [2.75, 3.05) is 0 Å². The van der Waals surface area contributed by atoms with Crippen LogP contribution in [-0.2, 0) is 4.74 Å². The van der Waals surface area contributed by atoms with Crippen LogP contribution in [0.2, 0.25) is 5.02 Å². The normalized spacial score (nSPS) is 10.4. The van der Waals surface area contributed by atoms with E-state index in [0.29, 0.717) is 15.2 Å². The van der Waals surface area contributed by atoms with Gasteiger partial charge in [0.15, 0.2) is 0 Å². The van der Waals surface area contributed by atoms with Crippen LogP contribution in [0, 0.1) is 0 Å². The van der Waals surface area contributed by atoms with Crippen molar-refractivity contribution in [1.82, 2.24) is 4.98 Å². The zero-order chi connectivity index (χ0) is 10.7. The van der Waals surface area contributed by atoms with Gasteiger partial charge in [0.25, 0.3) is 0 Å². The summed E-state index contributed by atoms with van der Waals surface area (Å²) in [5.74, 6) is -0.429. The fraction of sp³-hybridized carbons (Fsp3) is 0.333. The van der Waals surface area contributed by atoms with Crippen LogP contribution in [-0.4, -0.2) is 17.1 Å². The highest BCUT2D eigenvalue weighted by Gasteiger charge is 2.14. The molecule has 0 atom stereocenters. The molecular weight excluding hydrogens is 269 g/mol. The van der Waals surface area contributed by atoms with Gasteiger partial charge in [0.05, 0.1) is 16.7 Å². The standard InChI is InChI=1S/C9H9BrClNO2/c1-5(2)14-9(13)7-3-6(11)4-12-8(7)10/h3-5H,1-2H3. The number of aromatic nitrogens is 1. The van der Waals surface area contributed by atoms with Crippen molar-refractivity contribution in [2.45, 2.75) is 20.0 Å². The van der Waals surface area contributed by atoms with Crippen LogP contribution in [0.4, 0.5) is 0 Å². The lowest BCUT2D eigenvalue weighted by molar-refractivity contribution is 0.0376. The Morgan fingerprint density at radius 2 is 2.29 bits per heavy atom. The van der Waals surface area contributed by atoms with E-state index in [9.17, 15) is 4.79 Å². The minimum Gasteiger partial charge on any atom is -0.459 e. The molecule has 0 N–H and O–H groups in total. The number of hydrogen-bond acceptors (Lipinski definition) is 3. The summed E-state index contributed by atoms with van der Waals surface area (Å²) in [6, 6.07) is 1.52. The molecule has 1 aromatic rings. The molecule has 14 heavy (non-hydrogen) atoms. The number of hydrogen-bond donors (Lipinski definition) is 0. The van der Waals surface area contributed by atoms with Crippen molar-refractivity contribution >= 4 is 33.5 Å². The molecule has 1 aromatic heterocycles. The number of carbonyl (C=O) groups is 1. The van der Waals surface area contributed by atoms with Gasteiger partial charge in [0.1, 0.15) is 4.60 Å². The summed E-state index contributed by atoms with van der Waals surface area (Å²) in [7, 11) is 0. The highest BCUT2D eigenvalue weighted by Crippen LogP contribution is 2.19.